The Kier molecular flexibility index (Phi) is 4.32. The zero-order valence-corrected chi connectivity index (χ0v) is 13.7. The quantitative estimate of drug-likeness (QED) is 0.943. The van der Waals surface area contributed by atoms with Crippen molar-refractivity contribution < 1.29 is 5.11 Å². The van der Waals surface area contributed by atoms with Crippen molar-refractivity contribution >= 4 is 0 Å². The van der Waals surface area contributed by atoms with E-state index in [2.05, 4.69) is 54.6 Å². The van der Waals surface area contributed by atoms with Gasteiger partial charge in [-0.3, -0.25) is 4.90 Å². The largest absolute Gasteiger partial charge is 0.396 e. The highest BCUT2D eigenvalue weighted by atomic mass is 16.3. The second-order valence-corrected chi connectivity index (χ2v) is 6.42. The Labute approximate surface area is 132 Å². The van der Waals surface area contributed by atoms with Crippen molar-refractivity contribution in [2.24, 2.45) is 5.92 Å². The summed E-state index contributed by atoms with van der Waals surface area (Å²) >= 11 is 0. The minimum atomic E-state index is 0.303. The molecule has 22 heavy (non-hydrogen) atoms. The monoisotopic (exact) mass is 299 g/mol. The molecule has 4 nitrogen and oxygen atoms in total. The molecule has 0 saturated carbocycles. The Hall–Kier alpha value is -1.65. The number of aromatic nitrogens is 2. The summed E-state index contributed by atoms with van der Waals surface area (Å²) in [6.07, 6.45) is 1.10. The molecule has 2 heterocycles. The first-order valence-corrected chi connectivity index (χ1v) is 8.04. The smallest absolute Gasteiger partial charge is 0.0678 e. The van der Waals surface area contributed by atoms with Gasteiger partial charge in [-0.05, 0) is 51.3 Å². The lowest BCUT2D eigenvalue weighted by molar-refractivity contribution is 0.220. The van der Waals surface area contributed by atoms with Gasteiger partial charge < -0.3 is 5.11 Å². The number of rotatable bonds is 4. The molecule has 1 unspecified atom stereocenters. The van der Waals surface area contributed by atoms with Gasteiger partial charge in [0, 0.05) is 31.0 Å². The molecule has 0 spiro atoms. The van der Waals surface area contributed by atoms with Crippen LogP contribution in [0.2, 0.25) is 0 Å². The molecule has 0 bridgehead atoms. The zero-order valence-electron chi connectivity index (χ0n) is 13.7. The van der Waals surface area contributed by atoms with Gasteiger partial charge in [0.05, 0.1) is 11.4 Å². The van der Waals surface area contributed by atoms with Crippen molar-refractivity contribution in [2.45, 2.75) is 33.7 Å². The van der Waals surface area contributed by atoms with Gasteiger partial charge >= 0.3 is 0 Å². The van der Waals surface area contributed by atoms with Gasteiger partial charge in [-0.15, -0.1) is 0 Å². The van der Waals surface area contributed by atoms with E-state index in [4.69, 9.17) is 5.10 Å². The predicted molar refractivity (Wildman–Crippen MR) is 88.2 cm³/mol. The third-order valence-electron chi connectivity index (χ3n) is 4.79. The molecule has 1 aromatic heterocycles. The Bertz CT molecular complexity index is 662. The van der Waals surface area contributed by atoms with E-state index in [1.165, 1.54) is 16.8 Å². The second-order valence-electron chi connectivity index (χ2n) is 6.42. The Morgan fingerprint density at radius 3 is 2.68 bits per heavy atom. The molecule has 0 amide bonds. The molecule has 1 fully saturated rings. The maximum absolute atomic E-state index is 9.30. The number of benzene rings is 1. The van der Waals surface area contributed by atoms with E-state index in [0.717, 1.165) is 37.4 Å². The fourth-order valence-corrected chi connectivity index (χ4v) is 3.37. The van der Waals surface area contributed by atoms with Crippen LogP contribution in [0, 0.1) is 26.7 Å². The molecule has 0 aliphatic carbocycles. The number of nitrogens with zero attached hydrogens (tertiary/aromatic N) is 3. The van der Waals surface area contributed by atoms with Crippen molar-refractivity contribution in [1.82, 2.24) is 14.7 Å². The van der Waals surface area contributed by atoms with E-state index >= 15 is 0 Å². The molecule has 3 rings (SSSR count). The lowest BCUT2D eigenvalue weighted by Crippen LogP contribution is -2.21. The van der Waals surface area contributed by atoms with Crippen LogP contribution in [0.25, 0.3) is 5.69 Å². The van der Waals surface area contributed by atoms with Crippen LogP contribution < -0.4 is 0 Å². The Morgan fingerprint density at radius 1 is 1.23 bits per heavy atom. The molecule has 1 aliphatic heterocycles. The summed E-state index contributed by atoms with van der Waals surface area (Å²) in [7, 11) is 0. The first kappa shape index (κ1) is 15.3. The maximum atomic E-state index is 9.30. The molecule has 2 aromatic rings. The first-order chi connectivity index (χ1) is 10.6. The zero-order chi connectivity index (χ0) is 15.7. The van der Waals surface area contributed by atoms with Gasteiger partial charge in [-0.1, -0.05) is 18.2 Å². The average molecular weight is 299 g/mol. The summed E-state index contributed by atoms with van der Waals surface area (Å²) in [6.45, 7) is 9.66. The topological polar surface area (TPSA) is 41.3 Å². The van der Waals surface area contributed by atoms with Crippen molar-refractivity contribution in [3.8, 4) is 5.69 Å². The SMILES string of the molecule is Cc1ccccc1-n1nc(C)c(CN2CCC(CO)C2)c1C. The third-order valence-corrected chi connectivity index (χ3v) is 4.79. The van der Waals surface area contributed by atoms with Gasteiger partial charge in [0.1, 0.15) is 0 Å². The molecule has 1 saturated heterocycles. The fraction of sp³-hybridized carbons (Fsp3) is 0.500. The molecular formula is C18H25N3O. The van der Waals surface area contributed by atoms with E-state index in [1.54, 1.807) is 0 Å². The molecule has 4 heteroatoms. The van der Waals surface area contributed by atoms with Gasteiger partial charge in [0.25, 0.3) is 0 Å². The summed E-state index contributed by atoms with van der Waals surface area (Å²) in [4.78, 5) is 2.43. The first-order valence-electron chi connectivity index (χ1n) is 8.04. The van der Waals surface area contributed by atoms with Crippen LogP contribution in [-0.2, 0) is 6.54 Å². The summed E-state index contributed by atoms with van der Waals surface area (Å²) in [6, 6.07) is 8.36. The molecule has 1 aromatic carbocycles. The highest BCUT2D eigenvalue weighted by molar-refractivity contribution is 5.42. The van der Waals surface area contributed by atoms with Crippen LogP contribution in [0.15, 0.2) is 24.3 Å². The number of aliphatic hydroxyl groups is 1. The van der Waals surface area contributed by atoms with Crippen molar-refractivity contribution in [3.05, 3.63) is 46.8 Å². The second kappa shape index (κ2) is 6.23. The molecule has 1 atom stereocenters. The van der Waals surface area contributed by atoms with Crippen molar-refractivity contribution in [3.63, 3.8) is 0 Å². The highest BCUT2D eigenvalue weighted by Crippen LogP contribution is 2.24. The number of hydrogen-bond donors (Lipinski definition) is 1. The third kappa shape index (κ3) is 2.81. The van der Waals surface area contributed by atoms with Gasteiger partial charge in [-0.25, -0.2) is 4.68 Å². The normalized spacial score (nSPS) is 19.0. The standard InChI is InChI=1S/C18H25N3O/c1-13-6-4-5-7-18(13)21-15(3)17(14(2)19-21)11-20-9-8-16(10-20)12-22/h4-7,16,22H,8-12H2,1-3H3. The molecule has 1 N–H and O–H groups in total. The van der Waals surface area contributed by atoms with E-state index in [9.17, 15) is 5.11 Å². The lowest BCUT2D eigenvalue weighted by Gasteiger charge is -2.16. The number of aliphatic hydroxyl groups excluding tert-OH is 1. The average Bonchev–Trinajstić information content (AvgIpc) is 3.08. The van der Waals surface area contributed by atoms with Crippen LogP contribution in [0.1, 0.15) is 28.9 Å². The maximum Gasteiger partial charge on any atom is 0.0678 e. The number of likely N-dealkylation sites (tertiary alicyclic amines) is 1. The van der Waals surface area contributed by atoms with Crippen LogP contribution in [0.4, 0.5) is 0 Å². The van der Waals surface area contributed by atoms with Crippen molar-refractivity contribution in [2.75, 3.05) is 19.7 Å². The van der Waals surface area contributed by atoms with Crippen LogP contribution in [0.5, 0.6) is 0 Å². The van der Waals surface area contributed by atoms with Crippen LogP contribution in [-0.4, -0.2) is 39.5 Å². The lowest BCUT2D eigenvalue weighted by atomic mass is 10.1. The molecule has 0 radical (unpaired) electrons. The number of hydrogen-bond acceptors (Lipinski definition) is 3. The summed E-state index contributed by atoms with van der Waals surface area (Å²) in [5, 5.41) is 14.1. The van der Waals surface area contributed by atoms with E-state index < -0.39 is 0 Å². The Balaban J connectivity index is 1.86. The van der Waals surface area contributed by atoms with Crippen LogP contribution in [0.3, 0.4) is 0 Å². The summed E-state index contributed by atoms with van der Waals surface area (Å²) in [5.74, 6) is 0.437. The molecule has 1 aliphatic rings. The van der Waals surface area contributed by atoms with E-state index in [-0.39, 0.29) is 0 Å². The van der Waals surface area contributed by atoms with Gasteiger partial charge in [0.15, 0.2) is 0 Å². The fourth-order valence-electron chi connectivity index (χ4n) is 3.37. The highest BCUT2D eigenvalue weighted by Gasteiger charge is 2.24. The summed E-state index contributed by atoms with van der Waals surface area (Å²) < 4.78 is 2.07. The minimum absolute atomic E-state index is 0.303. The minimum Gasteiger partial charge on any atom is -0.396 e. The molecule has 118 valence electrons. The Morgan fingerprint density at radius 2 is 2.00 bits per heavy atom. The van der Waals surface area contributed by atoms with Crippen LogP contribution >= 0.6 is 0 Å². The predicted octanol–water partition coefficient (Wildman–Crippen LogP) is 2.61. The van der Waals surface area contributed by atoms with E-state index in [1.807, 2.05) is 0 Å². The summed E-state index contributed by atoms with van der Waals surface area (Å²) in [5.41, 5.74) is 6.04. The van der Waals surface area contributed by atoms with Crippen molar-refractivity contribution in [1.29, 1.82) is 0 Å². The number of aryl methyl sites for hydroxylation is 2. The molecular weight excluding hydrogens is 274 g/mol. The van der Waals surface area contributed by atoms with E-state index in [0.29, 0.717) is 12.5 Å². The number of para-hydroxylation sites is 1. The van der Waals surface area contributed by atoms with Gasteiger partial charge in [-0.2, -0.15) is 5.10 Å². The van der Waals surface area contributed by atoms with Gasteiger partial charge in [0.2, 0.25) is 0 Å².